The number of rotatable bonds is 13. The Hall–Kier alpha value is -1.49. The molecule has 0 atom stereocenters. The molecule has 0 aliphatic rings. The minimum absolute atomic E-state index is 0.133. The van der Waals surface area contributed by atoms with Crippen molar-refractivity contribution in [1.29, 1.82) is 0 Å². The molecule has 5 heteroatoms. The molecule has 0 unspecified atom stereocenters. The highest BCUT2D eigenvalue weighted by molar-refractivity contribution is 7.12. The summed E-state index contributed by atoms with van der Waals surface area (Å²) in [5.74, 6) is 0.0689. The molecule has 0 fully saturated rings. The van der Waals surface area contributed by atoms with Gasteiger partial charge in [0.2, 0.25) is 0 Å². The summed E-state index contributed by atoms with van der Waals surface area (Å²) < 4.78 is 4.64. The Morgan fingerprint density at radius 3 is 2.52 bits per heavy atom. The summed E-state index contributed by atoms with van der Waals surface area (Å²) in [5, 5.41) is 1.04. The van der Waals surface area contributed by atoms with Crippen LogP contribution in [0.5, 0.6) is 0 Å². The number of carbonyl (C=O) groups excluding carboxylic acids is 2. The van der Waals surface area contributed by atoms with Gasteiger partial charge in [-0.2, -0.15) is 0 Å². The Bertz CT molecular complexity index is 563. The third-order valence-corrected chi connectivity index (χ3v) is 5.03. The number of ketones is 1. The highest BCUT2D eigenvalue weighted by atomic mass is 32.1. The van der Waals surface area contributed by atoms with Crippen molar-refractivity contribution in [3.63, 3.8) is 0 Å². The van der Waals surface area contributed by atoms with Gasteiger partial charge in [-0.1, -0.05) is 32.6 Å². The number of aromatic nitrogens is 1. The van der Waals surface area contributed by atoms with Gasteiger partial charge in [-0.25, -0.2) is 4.98 Å². The van der Waals surface area contributed by atoms with Crippen LogP contribution in [-0.4, -0.2) is 23.8 Å². The van der Waals surface area contributed by atoms with Crippen molar-refractivity contribution in [1.82, 2.24) is 4.98 Å². The topological polar surface area (TPSA) is 56.3 Å². The fraction of sp³-hybridized carbons (Fsp3) is 0.650. The van der Waals surface area contributed by atoms with Gasteiger partial charge in [0.05, 0.1) is 22.7 Å². The molecule has 0 saturated carbocycles. The average Bonchev–Trinajstić information content (AvgIpc) is 2.95. The van der Waals surface area contributed by atoms with Crippen LogP contribution in [0, 0.1) is 6.92 Å². The van der Waals surface area contributed by atoms with E-state index in [4.69, 9.17) is 0 Å². The molecule has 0 aromatic carbocycles. The molecule has 140 valence electrons. The van der Waals surface area contributed by atoms with Crippen molar-refractivity contribution >= 4 is 29.2 Å². The van der Waals surface area contributed by atoms with Gasteiger partial charge in [0.1, 0.15) is 0 Å². The number of carbonyl (C=O) groups is 2. The van der Waals surface area contributed by atoms with Crippen molar-refractivity contribution in [2.45, 2.75) is 78.1 Å². The number of hydrogen-bond donors (Lipinski definition) is 0. The molecular formula is C20H31NO3S. The molecule has 1 aromatic rings. The Morgan fingerprint density at radius 1 is 1.08 bits per heavy atom. The lowest BCUT2D eigenvalue weighted by Gasteiger charge is -2.01. The largest absolute Gasteiger partial charge is 0.469 e. The standard InChI is InChI=1S/C20H31NO3S/c1-4-5-8-11-17(22)14-15-19-18(21-16(2)25-19)12-9-6-7-10-13-20(23)24-3/h14-15H,4-13H2,1-3H3. The Labute approximate surface area is 155 Å². The van der Waals surface area contributed by atoms with Crippen molar-refractivity contribution in [2.75, 3.05) is 7.11 Å². The fourth-order valence-corrected chi connectivity index (χ4v) is 3.49. The molecule has 25 heavy (non-hydrogen) atoms. The molecule has 0 bridgehead atoms. The van der Waals surface area contributed by atoms with Crippen LogP contribution in [0.3, 0.4) is 0 Å². The van der Waals surface area contributed by atoms with Gasteiger partial charge in [-0.05, 0) is 44.8 Å². The monoisotopic (exact) mass is 365 g/mol. The van der Waals surface area contributed by atoms with Crippen LogP contribution in [0.25, 0.3) is 6.08 Å². The van der Waals surface area contributed by atoms with E-state index in [0.717, 1.165) is 66.9 Å². The molecule has 0 radical (unpaired) electrons. The van der Waals surface area contributed by atoms with Crippen molar-refractivity contribution in [3.05, 3.63) is 21.7 Å². The molecule has 1 heterocycles. The Balaban J connectivity index is 2.38. The summed E-state index contributed by atoms with van der Waals surface area (Å²) in [6.45, 7) is 4.15. The van der Waals surface area contributed by atoms with Gasteiger partial charge in [0.25, 0.3) is 0 Å². The number of hydrogen-bond acceptors (Lipinski definition) is 5. The lowest BCUT2D eigenvalue weighted by molar-refractivity contribution is -0.140. The van der Waals surface area contributed by atoms with E-state index < -0.39 is 0 Å². The van der Waals surface area contributed by atoms with E-state index in [1.165, 1.54) is 7.11 Å². The van der Waals surface area contributed by atoms with Crippen molar-refractivity contribution < 1.29 is 14.3 Å². The van der Waals surface area contributed by atoms with Crippen LogP contribution < -0.4 is 0 Å². The molecule has 0 N–H and O–H groups in total. The number of thiazole rings is 1. The lowest BCUT2D eigenvalue weighted by atomic mass is 10.1. The first kappa shape index (κ1) is 21.6. The summed E-state index contributed by atoms with van der Waals surface area (Å²) in [7, 11) is 1.43. The van der Waals surface area contributed by atoms with E-state index in [1.54, 1.807) is 17.4 Å². The summed E-state index contributed by atoms with van der Waals surface area (Å²) in [5.41, 5.74) is 1.09. The third-order valence-electron chi connectivity index (χ3n) is 4.05. The van der Waals surface area contributed by atoms with Gasteiger partial charge in [0.15, 0.2) is 5.78 Å². The van der Waals surface area contributed by atoms with Crippen LogP contribution in [-0.2, 0) is 20.7 Å². The number of methoxy groups -OCH3 is 1. The maximum absolute atomic E-state index is 11.9. The molecule has 0 aliphatic heterocycles. The highest BCUT2D eigenvalue weighted by Gasteiger charge is 2.07. The molecule has 1 aromatic heterocycles. The predicted octanol–water partition coefficient (Wildman–Crippen LogP) is 5.28. The quantitative estimate of drug-likeness (QED) is 0.271. The summed E-state index contributed by atoms with van der Waals surface area (Å²) in [6.07, 6.45) is 13.0. The second-order valence-electron chi connectivity index (χ2n) is 6.29. The molecular weight excluding hydrogens is 334 g/mol. The first-order chi connectivity index (χ1) is 12.1. The van der Waals surface area contributed by atoms with E-state index in [-0.39, 0.29) is 11.8 Å². The second kappa shape index (κ2) is 12.8. The van der Waals surface area contributed by atoms with Gasteiger partial charge >= 0.3 is 5.97 Å². The Morgan fingerprint density at radius 2 is 1.80 bits per heavy atom. The highest BCUT2D eigenvalue weighted by Crippen LogP contribution is 2.22. The number of unbranched alkanes of at least 4 members (excludes halogenated alkanes) is 5. The van der Waals surface area contributed by atoms with Crippen LogP contribution >= 0.6 is 11.3 Å². The lowest BCUT2D eigenvalue weighted by Crippen LogP contribution is -1.99. The summed E-state index contributed by atoms with van der Waals surface area (Å²) >= 11 is 1.65. The van der Waals surface area contributed by atoms with E-state index in [1.807, 2.05) is 13.0 Å². The van der Waals surface area contributed by atoms with Crippen LogP contribution in [0.2, 0.25) is 0 Å². The van der Waals surface area contributed by atoms with E-state index >= 15 is 0 Å². The van der Waals surface area contributed by atoms with Crippen LogP contribution in [0.1, 0.15) is 80.3 Å². The maximum Gasteiger partial charge on any atom is 0.305 e. The summed E-state index contributed by atoms with van der Waals surface area (Å²) in [6, 6.07) is 0. The maximum atomic E-state index is 11.9. The SMILES string of the molecule is CCCCCC(=O)C=Cc1sc(C)nc1CCCCCCC(=O)OC. The average molecular weight is 366 g/mol. The molecule has 1 rings (SSSR count). The molecule has 0 aliphatic carbocycles. The number of esters is 1. The van der Waals surface area contributed by atoms with E-state index in [2.05, 4.69) is 16.6 Å². The first-order valence-corrected chi connectivity index (χ1v) is 10.1. The molecule has 4 nitrogen and oxygen atoms in total. The normalized spacial score (nSPS) is 11.2. The zero-order valence-corrected chi connectivity index (χ0v) is 16.6. The number of ether oxygens (including phenoxy) is 1. The zero-order chi connectivity index (χ0) is 18.5. The van der Waals surface area contributed by atoms with Crippen molar-refractivity contribution in [3.8, 4) is 0 Å². The fourth-order valence-electron chi connectivity index (χ4n) is 2.61. The van der Waals surface area contributed by atoms with Crippen LogP contribution in [0.4, 0.5) is 0 Å². The smallest absolute Gasteiger partial charge is 0.305 e. The molecule has 0 saturated heterocycles. The number of aryl methyl sites for hydroxylation is 2. The predicted molar refractivity (Wildman–Crippen MR) is 104 cm³/mol. The second-order valence-corrected chi connectivity index (χ2v) is 7.53. The van der Waals surface area contributed by atoms with Gasteiger partial charge < -0.3 is 4.74 Å². The number of nitrogens with zero attached hydrogens (tertiary/aromatic N) is 1. The first-order valence-electron chi connectivity index (χ1n) is 9.30. The minimum atomic E-state index is -0.133. The summed E-state index contributed by atoms with van der Waals surface area (Å²) in [4.78, 5) is 28.7. The van der Waals surface area contributed by atoms with E-state index in [9.17, 15) is 9.59 Å². The van der Waals surface area contributed by atoms with Crippen LogP contribution in [0.15, 0.2) is 6.08 Å². The van der Waals surface area contributed by atoms with Gasteiger partial charge in [-0.15, -0.1) is 11.3 Å². The zero-order valence-electron chi connectivity index (χ0n) is 15.8. The van der Waals surface area contributed by atoms with Crippen molar-refractivity contribution in [2.24, 2.45) is 0 Å². The minimum Gasteiger partial charge on any atom is -0.469 e. The van der Waals surface area contributed by atoms with E-state index in [0.29, 0.717) is 12.8 Å². The molecule has 0 spiro atoms. The molecule has 0 amide bonds. The Kier molecular flexibility index (Phi) is 11.0. The number of allylic oxidation sites excluding steroid dienone is 1. The third kappa shape index (κ3) is 9.54. The van der Waals surface area contributed by atoms with Gasteiger partial charge in [0, 0.05) is 12.8 Å². The van der Waals surface area contributed by atoms with Gasteiger partial charge in [-0.3, -0.25) is 9.59 Å².